The fraction of sp³-hybridized carbons (Fsp3) is 0.286. The lowest BCUT2D eigenvalue weighted by Crippen LogP contribution is -2.20. The molecule has 0 aliphatic rings. The van der Waals surface area contributed by atoms with Crippen molar-refractivity contribution in [3.05, 3.63) is 34.9 Å². The Morgan fingerprint density at radius 2 is 2.11 bits per heavy atom. The third-order valence-corrected chi connectivity index (χ3v) is 2.25. The van der Waals surface area contributed by atoms with E-state index in [1.165, 1.54) is 6.92 Å². The number of aryl methyl sites for hydroxylation is 1. The molecule has 18 heavy (non-hydrogen) atoms. The molecule has 0 spiro atoms. The number of amides is 1. The normalized spacial score (nSPS) is 9.22. The number of carbonyl (C=O) groups is 2. The summed E-state index contributed by atoms with van der Waals surface area (Å²) in [6.07, 6.45) is 0.493. The second-order valence-electron chi connectivity index (χ2n) is 3.89. The van der Waals surface area contributed by atoms with E-state index in [2.05, 4.69) is 17.2 Å². The monoisotopic (exact) mass is 245 g/mol. The van der Waals surface area contributed by atoms with Crippen LogP contribution in [-0.4, -0.2) is 23.5 Å². The Kier molecular flexibility index (Phi) is 4.94. The van der Waals surface area contributed by atoms with Crippen molar-refractivity contribution in [1.29, 1.82) is 0 Å². The number of benzene rings is 1. The van der Waals surface area contributed by atoms with Gasteiger partial charge in [-0.2, -0.15) is 0 Å². The van der Waals surface area contributed by atoms with Gasteiger partial charge in [0.25, 0.3) is 0 Å². The summed E-state index contributed by atoms with van der Waals surface area (Å²) in [7, 11) is 0. The smallest absolute Gasteiger partial charge is 0.336 e. The molecule has 0 aromatic heterocycles. The molecule has 0 unspecified atom stereocenters. The number of carboxylic acid groups (broad SMARTS) is 1. The van der Waals surface area contributed by atoms with Crippen LogP contribution in [0.15, 0.2) is 18.2 Å². The number of carbonyl (C=O) groups excluding carboxylic acids is 1. The molecule has 1 amide bonds. The highest BCUT2D eigenvalue weighted by Crippen LogP contribution is 2.10. The van der Waals surface area contributed by atoms with E-state index in [1.807, 2.05) is 6.92 Å². The Labute approximate surface area is 106 Å². The average molecular weight is 245 g/mol. The van der Waals surface area contributed by atoms with Gasteiger partial charge in [-0.3, -0.25) is 4.79 Å². The molecular formula is C14H15NO3. The van der Waals surface area contributed by atoms with Gasteiger partial charge in [0.2, 0.25) is 5.91 Å². The molecule has 4 nitrogen and oxygen atoms in total. The predicted octanol–water partition coefficient (Wildman–Crippen LogP) is 1.57. The highest BCUT2D eigenvalue weighted by molar-refractivity contribution is 5.90. The minimum atomic E-state index is -0.985. The molecule has 1 aromatic carbocycles. The van der Waals surface area contributed by atoms with E-state index in [0.29, 0.717) is 18.5 Å². The zero-order valence-corrected chi connectivity index (χ0v) is 10.4. The summed E-state index contributed by atoms with van der Waals surface area (Å²) in [5.74, 6) is 4.59. The van der Waals surface area contributed by atoms with E-state index in [1.54, 1.807) is 18.2 Å². The van der Waals surface area contributed by atoms with Gasteiger partial charge in [0, 0.05) is 25.5 Å². The SMILES string of the molecule is CC(=O)NCCC#Cc1cc(C)ccc1C(=O)O. The van der Waals surface area contributed by atoms with Crippen LogP contribution in [-0.2, 0) is 4.79 Å². The summed E-state index contributed by atoms with van der Waals surface area (Å²) >= 11 is 0. The average Bonchev–Trinajstić information content (AvgIpc) is 2.27. The Hall–Kier alpha value is -2.28. The molecule has 1 rings (SSSR count). The molecule has 0 radical (unpaired) electrons. The summed E-state index contributed by atoms with van der Waals surface area (Å²) in [5, 5.41) is 11.6. The largest absolute Gasteiger partial charge is 0.478 e. The summed E-state index contributed by atoms with van der Waals surface area (Å²) < 4.78 is 0. The molecule has 94 valence electrons. The minimum absolute atomic E-state index is 0.0985. The molecule has 0 heterocycles. The predicted molar refractivity (Wildman–Crippen MR) is 68.3 cm³/mol. The van der Waals surface area contributed by atoms with Crippen LogP contribution in [0, 0.1) is 18.8 Å². The van der Waals surface area contributed by atoms with E-state index >= 15 is 0 Å². The Morgan fingerprint density at radius 1 is 1.39 bits per heavy atom. The number of aromatic carboxylic acids is 1. The molecular weight excluding hydrogens is 230 g/mol. The van der Waals surface area contributed by atoms with Crippen molar-refractivity contribution in [2.75, 3.05) is 6.54 Å². The van der Waals surface area contributed by atoms with Crippen molar-refractivity contribution in [1.82, 2.24) is 5.32 Å². The molecule has 2 N–H and O–H groups in total. The molecule has 0 atom stereocenters. The van der Waals surface area contributed by atoms with Crippen molar-refractivity contribution in [2.45, 2.75) is 20.3 Å². The first-order valence-electron chi connectivity index (χ1n) is 5.58. The maximum absolute atomic E-state index is 11.0. The number of carboxylic acids is 1. The number of nitrogens with one attached hydrogen (secondary N) is 1. The van der Waals surface area contributed by atoms with Crippen LogP contribution in [0.25, 0.3) is 0 Å². The van der Waals surface area contributed by atoms with E-state index in [9.17, 15) is 9.59 Å². The van der Waals surface area contributed by atoms with Crippen molar-refractivity contribution < 1.29 is 14.7 Å². The van der Waals surface area contributed by atoms with Gasteiger partial charge in [0.15, 0.2) is 0 Å². The number of hydrogen-bond donors (Lipinski definition) is 2. The van der Waals surface area contributed by atoms with Crippen LogP contribution in [0.3, 0.4) is 0 Å². The third kappa shape index (κ3) is 4.30. The lowest BCUT2D eigenvalue weighted by atomic mass is 10.0. The van der Waals surface area contributed by atoms with Crippen molar-refractivity contribution in [3.63, 3.8) is 0 Å². The van der Waals surface area contributed by atoms with Crippen molar-refractivity contribution >= 4 is 11.9 Å². The maximum Gasteiger partial charge on any atom is 0.336 e. The second kappa shape index (κ2) is 6.45. The molecule has 0 fully saturated rings. The molecule has 0 saturated heterocycles. The van der Waals surface area contributed by atoms with E-state index in [0.717, 1.165) is 5.56 Å². The molecule has 0 saturated carbocycles. The number of rotatable bonds is 3. The van der Waals surface area contributed by atoms with Crippen molar-refractivity contribution in [3.8, 4) is 11.8 Å². The summed E-state index contributed by atoms with van der Waals surface area (Å²) in [6.45, 7) is 3.79. The fourth-order valence-corrected chi connectivity index (χ4v) is 1.41. The van der Waals surface area contributed by atoms with Gasteiger partial charge in [-0.05, 0) is 24.6 Å². The van der Waals surface area contributed by atoms with Gasteiger partial charge in [0.1, 0.15) is 0 Å². The summed E-state index contributed by atoms with van der Waals surface area (Å²) in [4.78, 5) is 21.6. The van der Waals surface area contributed by atoms with Crippen LogP contribution in [0.5, 0.6) is 0 Å². The van der Waals surface area contributed by atoms with E-state index in [-0.39, 0.29) is 11.5 Å². The first kappa shape index (κ1) is 13.8. The topological polar surface area (TPSA) is 66.4 Å². The van der Waals surface area contributed by atoms with Crippen LogP contribution in [0.2, 0.25) is 0 Å². The van der Waals surface area contributed by atoms with Crippen LogP contribution in [0.4, 0.5) is 0 Å². The van der Waals surface area contributed by atoms with Gasteiger partial charge in [-0.25, -0.2) is 4.79 Å². The maximum atomic E-state index is 11.0. The van der Waals surface area contributed by atoms with Crippen LogP contribution < -0.4 is 5.32 Å². The van der Waals surface area contributed by atoms with Gasteiger partial charge >= 0.3 is 5.97 Å². The quantitative estimate of drug-likeness (QED) is 0.627. The highest BCUT2D eigenvalue weighted by Gasteiger charge is 2.07. The lowest BCUT2D eigenvalue weighted by molar-refractivity contribution is -0.118. The molecule has 0 bridgehead atoms. The molecule has 4 heteroatoms. The van der Waals surface area contributed by atoms with Crippen molar-refractivity contribution in [2.24, 2.45) is 0 Å². The van der Waals surface area contributed by atoms with Gasteiger partial charge in [-0.1, -0.05) is 17.9 Å². The number of hydrogen-bond acceptors (Lipinski definition) is 2. The highest BCUT2D eigenvalue weighted by atomic mass is 16.4. The van der Waals surface area contributed by atoms with E-state index < -0.39 is 5.97 Å². The second-order valence-corrected chi connectivity index (χ2v) is 3.89. The zero-order valence-electron chi connectivity index (χ0n) is 10.4. The minimum Gasteiger partial charge on any atom is -0.478 e. The summed E-state index contributed by atoms with van der Waals surface area (Å²) in [5.41, 5.74) is 1.67. The van der Waals surface area contributed by atoms with Gasteiger partial charge in [-0.15, -0.1) is 0 Å². The molecule has 1 aromatic rings. The van der Waals surface area contributed by atoms with Gasteiger partial charge < -0.3 is 10.4 Å². The molecule has 0 aliphatic carbocycles. The standard InChI is InChI=1S/C14H15NO3/c1-10-6-7-13(14(17)18)12(9-10)5-3-4-8-15-11(2)16/h6-7,9H,4,8H2,1-2H3,(H,15,16)(H,17,18). The Morgan fingerprint density at radius 3 is 2.72 bits per heavy atom. The lowest BCUT2D eigenvalue weighted by Gasteiger charge is -2.00. The third-order valence-electron chi connectivity index (χ3n) is 2.25. The Bertz CT molecular complexity index is 524. The summed E-state index contributed by atoms with van der Waals surface area (Å²) in [6, 6.07) is 5.04. The van der Waals surface area contributed by atoms with Gasteiger partial charge in [0.05, 0.1) is 5.56 Å². The molecule has 0 aliphatic heterocycles. The first-order chi connectivity index (χ1) is 8.50. The van der Waals surface area contributed by atoms with Crippen LogP contribution in [0.1, 0.15) is 34.8 Å². The fourth-order valence-electron chi connectivity index (χ4n) is 1.41. The first-order valence-corrected chi connectivity index (χ1v) is 5.58. The van der Waals surface area contributed by atoms with E-state index in [4.69, 9.17) is 5.11 Å². The zero-order chi connectivity index (χ0) is 13.5. The van der Waals surface area contributed by atoms with Crippen LogP contribution >= 0.6 is 0 Å². The Balaban J connectivity index is 2.77.